The molecule has 0 amide bonds. The smallest absolute Gasteiger partial charge is 0.191 e. The Bertz CT molecular complexity index is 574. The van der Waals surface area contributed by atoms with Crippen LogP contribution < -0.4 is 15.4 Å². The van der Waals surface area contributed by atoms with Gasteiger partial charge in [-0.2, -0.15) is 0 Å². The van der Waals surface area contributed by atoms with E-state index < -0.39 is 0 Å². The van der Waals surface area contributed by atoms with Gasteiger partial charge in [0.15, 0.2) is 5.96 Å². The molecule has 0 bridgehead atoms. The largest absolute Gasteiger partial charge is 0.489 e. The molecule has 1 aliphatic heterocycles. The zero-order valence-electron chi connectivity index (χ0n) is 16.0. The number of benzene rings is 1. The van der Waals surface area contributed by atoms with Crippen LogP contribution in [0.4, 0.5) is 4.39 Å². The molecule has 1 aliphatic rings. The lowest BCUT2D eigenvalue weighted by atomic mass is 10.2. The predicted molar refractivity (Wildman–Crippen MR) is 115 cm³/mol. The Morgan fingerprint density at radius 3 is 2.81 bits per heavy atom. The van der Waals surface area contributed by atoms with Crippen molar-refractivity contribution >= 4 is 29.9 Å². The van der Waals surface area contributed by atoms with E-state index in [4.69, 9.17) is 4.74 Å². The molecule has 0 aliphatic carbocycles. The van der Waals surface area contributed by atoms with Gasteiger partial charge in [0.05, 0.1) is 6.54 Å². The molecule has 8 heteroatoms. The molecular formula is C18H31FIN5O. The Hall–Kier alpha value is -1.13. The maximum absolute atomic E-state index is 13.2. The third kappa shape index (κ3) is 7.63. The lowest BCUT2D eigenvalue weighted by molar-refractivity contribution is 0.116. The number of rotatable bonds is 6. The first-order valence-electron chi connectivity index (χ1n) is 8.73. The molecule has 26 heavy (non-hydrogen) atoms. The van der Waals surface area contributed by atoms with E-state index in [0.29, 0.717) is 18.3 Å². The van der Waals surface area contributed by atoms with Crippen LogP contribution in [0.1, 0.15) is 6.92 Å². The van der Waals surface area contributed by atoms with Crippen molar-refractivity contribution in [2.75, 3.05) is 53.9 Å². The zero-order valence-corrected chi connectivity index (χ0v) is 18.4. The van der Waals surface area contributed by atoms with Crippen LogP contribution in [0, 0.1) is 5.82 Å². The molecule has 0 radical (unpaired) electrons. The van der Waals surface area contributed by atoms with Crippen molar-refractivity contribution < 1.29 is 9.13 Å². The van der Waals surface area contributed by atoms with Crippen LogP contribution in [0.5, 0.6) is 5.75 Å². The van der Waals surface area contributed by atoms with Crippen molar-refractivity contribution in [3.05, 3.63) is 30.1 Å². The predicted octanol–water partition coefficient (Wildman–Crippen LogP) is 1.62. The highest BCUT2D eigenvalue weighted by atomic mass is 127. The summed E-state index contributed by atoms with van der Waals surface area (Å²) in [4.78, 5) is 8.97. The summed E-state index contributed by atoms with van der Waals surface area (Å²) in [6.07, 6.45) is -0.108. The van der Waals surface area contributed by atoms with Gasteiger partial charge in [-0.25, -0.2) is 4.39 Å². The van der Waals surface area contributed by atoms with E-state index in [1.807, 2.05) is 6.92 Å². The Labute approximate surface area is 173 Å². The van der Waals surface area contributed by atoms with Crippen LogP contribution in [0.2, 0.25) is 0 Å². The lowest BCUT2D eigenvalue weighted by Crippen LogP contribution is -2.55. The van der Waals surface area contributed by atoms with E-state index in [0.717, 1.165) is 32.1 Å². The van der Waals surface area contributed by atoms with Gasteiger partial charge in [-0.3, -0.25) is 9.89 Å². The van der Waals surface area contributed by atoms with Crippen LogP contribution >= 0.6 is 24.0 Å². The summed E-state index contributed by atoms with van der Waals surface area (Å²) in [5.74, 6) is 0.983. The number of aliphatic imine (C=N–C) groups is 1. The molecule has 1 heterocycles. The van der Waals surface area contributed by atoms with Crippen LogP contribution in [0.25, 0.3) is 0 Å². The average molecular weight is 479 g/mol. The second-order valence-electron chi connectivity index (χ2n) is 6.62. The SMILES string of the molecule is CN=C(NCC(C)Oc1cccc(F)c1)NCC1CN(C)CCN1C.I. The van der Waals surface area contributed by atoms with Gasteiger partial charge in [0.25, 0.3) is 0 Å². The van der Waals surface area contributed by atoms with Gasteiger partial charge in [0, 0.05) is 45.3 Å². The van der Waals surface area contributed by atoms with Crippen LogP contribution in [-0.4, -0.2) is 81.8 Å². The fourth-order valence-corrected chi connectivity index (χ4v) is 2.81. The molecule has 1 aromatic carbocycles. The number of piperazine rings is 1. The Morgan fingerprint density at radius 1 is 1.35 bits per heavy atom. The first-order valence-corrected chi connectivity index (χ1v) is 8.73. The third-order valence-electron chi connectivity index (χ3n) is 4.40. The standard InChI is InChI=1S/C18H30FN5O.HI/c1-14(25-17-7-5-6-15(19)10-17)11-21-18(20-2)22-12-16-13-23(3)8-9-24(16)4;/h5-7,10,14,16H,8-9,11-13H2,1-4H3,(H2,20,21,22);1H. The fraction of sp³-hybridized carbons (Fsp3) is 0.611. The van der Waals surface area contributed by atoms with E-state index in [2.05, 4.69) is 39.5 Å². The highest BCUT2D eigenvalue weighted by molar-refractivity contribution is 14.0. The third-order valence-corrected chi connectivity index (χ3v) is 4.40. The van der Waals surface area contributed by atoms with Gasteiger partial charge in [-0.15, -0.1) is 24.0 Å². The topological polar surface area (TPSA) is 52.1 Å². The maximum atomic E-state index is 13.2. The van der Waals surface area contributed by atoms with Crippen molar-refractivity contribution in [3.8, 4) is 5.75 Å². The number of ether oxygens (including phenoxy) is 1. The summed E-state index contributed by atoms with van der Waals surface area (Å²) in [5.41, 5.74) is 0. The quantitative estimate of drug-likeness (QED) is 0.369. The van der Waals surface area contributed by atoms with Crippen molar-refractivity contribution in [2.24, 2.45) is 4.99 Å². The first kappa shape index (κ1) is 22.9. The number of halogens is 2. The van der Waals surface area contributed by atoms with Crippen molar-refractivity contribution in [2.45, 2.75) is 19.1 Å². The van der Waals surface area contributed by atoms with Crippen molar-refractivity contribution in [1.82, 2.24) is 20.4 Å². The molecule has 0 saturated carbocycles. The molecule has 1 saturated heterocycles. The maximum Gasteiger partial charge on any atom is 0.191 e. The van der Waals surface area contributed by atoms with Gasteiger partial charge in [0.1, 0.15) is 17.7 Å². The van der Waals surface area contributed by atoms with Gasteiger partial charge >= 0.3 is 0 Å². The Morgan fingerprint density at radius 2 is 2.12 bits per heavy atom. The summed E-state index contributed by atoms with van der Waals surface area (Å²) in [6.45, 7) is 6.58. The second-order valence-corrected chi connectivity index (χ2v) is 6.62. The number of guanidine groups is 1. The minimum absolute atomic E-state index is 0. The summed E-state index contributed by atoms with van der Waals surface area (Å²) in [7, 11) is 6.06. The molecule has 6 nitrogen and oxygen atoms in total. The number of hydrogen-bond acceptors (Lipinski definition) is 4. The van der Waals surface area contributed by atoms with Crippen LogP contribution in [0.15, 0.2) is 29.3 Å². The zero-order chi connectivity index (χ0) is 18.2. The molecular weight excluding hydrogens is 448 g/mol. The van der Waals surface area contributed by atoms with Crippen LogP contribution in [-0.2, 0) is 0 Å². The molecule has 2 unspecified atom stereocenters. The number of hydrogen-bond donors (Lipinski definition) is 2. The van der Waals surface area contributed by atoms with E-state index in [9.17, 15) is 4.39 Å². The molecule has 1 fully saturated rings. The molecule has 2 N–H and O–H groups in total. The summed E-state index contributed by atoms with van der Waals surface area (Å²) < 4.78 is 18.9. The fourth-order valence-electron chi connectivity index (χ4n) is 2.81. The van der Waals surface area contributed by atoms with Crippen molar-refractivity contribution in [1.29, 1.82) is 0 Å². The summed E-state index contributed by atoms with van der Waals surface area (Å²) >= 11 is 0. The lowest BCUT2D eigenvalue weighted by Gasteiger charge is -2.38. The second kappa shape index (κ2) is 11.6. The highest BCUT2D eigenvalue weighted by Crippen LogP contribution is 2.13. The Kier molecular flexibility index (Phi) is 10.2. The van der Waals surface area contributed by atoms with Gasteiger partial charge in [-0.05, 0) is 33.2 Å². The minimum atomic E-state index is -0.295. The number of nitrogens with zero attached hydrogens (tertiary/aromatic N) is 3. The van der Waals surface area contributed by atoms with E-state index in [1.54, 1.807) is 19.2 Å². The van der Waals surface area contributed by atoms with Gasteiger partial charge in [-0.1, -0.05) is 6.07 Å². The minimum Gasteiger partial charge on any atom is -0.489 e. The van der Waals surface area contributed by atoms with E-state index in [-0.39, 0.29) is 35.9 Å². The molecule has 0 aromatic heterocycles. The summed E-state index contributed by atoms with van der Waals surface area (Å²) in [5, 5.41) is 6.63. The monoisotopic (exact) mass is 479 g/mol. The van der Waals surface area contributed by atoms with E-state index in [1.165, 1.54) is 12.1 Å². The molecule has 2 atom stereocenters. The normalized spacial score (nSPS) is 20.2. The molecule has 1 aromatic rings. The average Bonchev–Trinajstić information content (AvgIpc) is 2.58. The van der Waals surface area contributed by atoms with Gasteiger partial charge < -0.3 is 20.3 Å². The highest BCUT2D eigenvalue weighted by Gasteiger charge is 2.22. The van der Waals surface area contributed by atoms with Crippen molar-refractivity contribution in [3.63, 3.8) is 0 Å². The number of nitrogens with one attached hydrogen (secondary N) is 2. The molecule has 148 valence electrons. The summed E-state index contributed by atoms with van der Waals surface area (Å²) in [6, 6.07) is 6.64. The Balaban J connectivity index is 0.00000338. The number of likely N-dealkylation sites (N-methyl/N-ethyl adjacent to an activating group) is 2. The first-order chi connectivity index (χ1) is 12.0. The molecule has 2 rings (SSSR count). The van der Waals surface area contributed by atoms with Crippen LogP contribution in [0.3, 0.4) is 0 Å². The molecule has 0 spiro atoms. The van der Waals surface area contributed by atoms with Gasteiger partial charge in [0.2, 0.25) is 0 Å². The van der Waals surface area contributed by atoms with E-state index >= 15 is 0 Å².